The number of rotatable bonds is 4. The van der Waals surface area contributed by atoms with Crippen molar-refractivity contribution >= 4 is 40.7 Å². The molecule has 3 aliphatic rings. The van der Waals surface area contributed by atoms with E-state index >= 15 is 0 Å². The maximum atomic E-state index is 13.7. The number of nitrogens with zero attached hydrogens (tertiary/aromatic N) is 1. The predicted molar refractivity (Wildman–Crippen MR) is 127 cm³/mol. The zero-order valence-electron chi connectivity index (χ0n) is 19.9. The number of carbonyl (C=O) groups is 3. The molecule has 1 saturated heterocycles. The smallest absolute Gasteiger partial charge is 0.861 e. The van der Waals surface area contributed by atoms with Crippen LogP contribution in [0.1, 0.15) is 32.4 Å². The molecule has 6 rings (SSSR count). The van der Waals surface area contributed by atoms with Gasteiger partial charge < -0.3 is 24.4 Å². The fourth-order valence-corrected chi connectivity index (χ4v) is 5.46. The van der Waals surface area contributed by atoms with Crippen molar-refractivity contribution < 1.29 is 68.4 Å². The van der Waals surface area contributed by atoms with E-state index in [4.69, 9.17) is 25.8 Å². The maximum Gasteiger partial charge on any atom is 1.00 e. The van der Waals surface area contributed by atoms with Gasteiger partial charge in [-0.3, -0.25) is 19.4 Å². The van der Waals surface area contributed by atoms with E-state index in [9.17, 15) is 24.6 Å². The van der Waals surface area contributed by atoms with E-state index in [1.807, 2.05) is 0 Å². The van der Waals surface area contributed by atoms with Crippen LogP contribution in [0.25, 0.3) is 0 Å². The average molecular weight is 542 g/mol. The van der Waals surface area contributed by atoms with Crippen LogP contribution < -0.4 is 44.1 Å². The number of halogens is 1. The van der Waals surface area contributed by atoms with Crippen LogP contribution in [0.15, 0.2) is 71.7 Å². The fraction of sp³-hybridized carbons (Fsp3) is 0.185. The molecule has 0 saturated carbocycles. The Kier molecular flexibility index (Phi) is 6.83. The SMILES string of the molecule is O=C(O)[C@H]1[C@@H](C([O-])=Nc2ccc3c(c2)OCO3)[C@@H](c2cccc(Cl)c2)OC12C(=O)c1ccccc1C2=O.[Na+]. The van der Waals surface area contributed by atoms with Crippen LogP contribution in [0.4, 0.5) is 5.69 Å². The molecule has 38 heavy (non-hydrogen) atoms. The van der Waals surface area contributed by atoms with Gasteiger partial charge in [-0.05, 0) is 35.7 Å². The van der Waals surface area contributed by atoms with Crippen molar-refractivity contribution in [2.75, 3.05) is 6.79 Å². The summed E-state index contributed by atoms with van der Waals surface area (Å²) >= 11 is 6.18. The van der Waals surface area contributed by atoms with Gasteiger partial charge in [-0.1, -0.05) is 48.0 Å². The van der Waals surface area contributed by atoms with E-state index in [0.29, 0.717) is 22.1 Å². The quantitative estimate of drug-likeness (QED) is 0.217. The van der Waals surface area contributed by atoms with Crippen molar-refractivity contribution in [3.63, 3.8) is 0 Å². The zero-order valence-corrected chi connectivity index (χ0v) is 22.7. The molecule has 9 nitrogen and oxygen atoms in total. The minimum Gasteiger partial charge on any atom is -0.861 e. The summed E-state index contributed by atoms with van der Waals surface area (Å²) in [6, 6.07) is 16.9. The number of carboxylic acid groups (broad SMARTS) is 1. The Hall–Kier alpha value is -3.21. The molecule has 0 radical (unpaired) electrons. The Labute approximate surface area is 243 Å². The number of hydrogen-bond acceptors (Lipinski definition) is 8. The molecule has 186 valence electrons. The Bertz CT molecular complexity index is 1490. The monoisotopic (exact) mass is 541 g/mol. The van der Waals surface area contributed by atoms with Crippen LogP contribution in [0.5, 0.6) is 11.5 Å². The first-order chi connectivity index (χ1) is 17.8. The van der Waals surface area contributed by atoms with Crippen molar-refractivity contribution in [1.82, 2.24) is 0 Å². The number of hydrogen-bond donors (Lipinski definition) is 1. The Morgan fingerprint density at radius 3 is 2.32 bits per heavy atom. The molecule has 2 aliphatic heterocycles. The molecular weight excluding hydrogens is 525 g/mol. The molecule has 3 aromatic rings. The topological polar surface area (TPSA) is 135 Å². The summed E-state index contributed by atoms with van der Waals surface area (Å²) < 4.78 is 16.7. The van der Waals surface area contributed by atoms with E-state index in [0.717, 1.165) is 0 Å². The summed E-state index contributed by atoms with van der Waals surface area (Å²) in [4.78, 5) is 44.1. The molecule has 2 heterocycles. The Morgan fingerprint density at radius 2 is 1.66 bits per heavy atom. The van der Waals surface area contributed by atoms with Gasteiger partial charge in [0.05, 0.1) is 11.8 Å². The molecule has 0 amide bonds. The summed E-state index contributed by atoms with van der Waals surface area (Å²) in [6.07, 6.45) is -1.28. The molecule has 1 N–H and O–H groups in total. The van der Waals surface area contributed by atoms with Gasteiger partial charge in [-0.15, -0.1) is 0 Å². The summed E-state index contributed by atoms with van der Waals surface area (Å²) in [5.74, 6) is -6.49. The number of ether oxygens (including phenoxy) is 3. The average Bonchev–Trinajstić information content (AvgIpc) is 3.55. The van der Waals surface area contributed by atoms with E-state index < -0.39 is 47.0 Å². The number of carbonyl (C=O) groups excluding carboxylic acids is 2. The molecule has 11 heteroatoms. The number of ketones is 2. The van der Waals surface area contributed by atoms with Crippen molar-refractivity contribution in [3.8, 4) is 11.5 Å². The van der Waals surface area contributed by atoms with Crippen molar-refractivity contribution in [1.29, 1.82) is 0 Å². The molecule has 1 aliphatic carbocycles. The van der Waals surface area contributed by atoms with Crippen LogP contribution in [0, 0.1) is 11.8 Å². The van der Waals surface area contributed by atoms with Gasteiger partial charge in [0.1, 0.15) is 5.92 Å². The van der Waals surface area contributed by atoms with Crippen molar-refractivity contribution in [3.05, 3.63) is 88.4 Å². The van der Waals surface area contributed by atoms with Gasteiger partial charge in [0.25, 0.3) is 0 Å². The summed E-state index contributed by atoms with van der Waals surface area (Å²) in [6.45, 7) is 0.0223. The molecule has 3 atom stereocenters. The second kappa shape index (κ2) is 9.83. The Balaban J connectivity index is 0.00000294. The largest absolute Gasteiger partial charge is 1.00 e. The molecule has 1 fully saturated rings. The minimum absolute atomic E-state index is 0. The molecule has 0 aromatic heterocycles. The molecule has 0 bridgehead atoms. The summed E-state index contributed by atoms with van der Waals surface area (Å²) in [5.41, 5.74) is -1.80. The van der Waals surface area contributed by atoms with E-state index in [-0.39, 0.29) is 53.2 Å². The van der Waals surface area contributed by atoms with Gasteiger partial charge in [-0.2, -0.15) is 0 Å². The molecule has 1 spiro atoms. The minimum atomic E-state index is -2.42. The first-order valence-electron chi connectivity index (χ1n) is 11.3. The third kappa shape index (κ3) is 3.93. The number of benzene rings is 3. The zero-order chi connectivity index (χ0) is 25.9. The second-order valence-corrected chi connectivity index (χ2v) is 9.30. The van der Waals surface area contributed by atoms with Crippen molar-refractivity contribution in [2.45, 2.75) is 11.7 Å². The van der Waals surface area contributed by atoms with Gasteiger partial charge in [0.2, 0.25) is 24.0 Å². The number of aliphatic carboxylic acids is 1. The number of carboxylic acids is 1. The maximum absolute atomic E-state index is 13.7. The second-order valence-electron chi connectivity index (χ2n) is 8.86. The summed E-state index contributed by atoms with van der Waals surface area (Å²) in [5, 5.41) is 24.3. The standard InChI is InChI=1S/C27H18ClNO8.Na/c28-14-5-3-4-13(10-14)22-20(25(32)29-15-8-9-18-19(11-15)36-12-35-18)21(26(33)34)27(37-22)23(30)16-6-1-2-7-17(16)24(27)31;/h1-11,20-22H,12H2,(H,29,32)(H,33,34);/q;+1/p-1/t20-,21-,22-;/m1./s1. The van der Waals surface area contributed by atoms with Crippen LogP contribution in [0.3, 0.4) is 0 Å². The van der Waals surface area contributed by atoms with Gasteiger partial charge >= 0.3 is 35.5 Å². The van der Waals surface area contributed by atoms with Gasteiger partial charge in [-0.25, -0.2) is 0 Å². The normalized spacial score (nSPS) is 22.9. The first kappa shape index (κ1) is 26.4. The number of fused-ring (bicyclic) bond motifs is 2. The van der Waals surface area contributed by atoms with E-state index in [1.165, 1.54) is 30.3 Å². The fourth-order valence-electron chi connectivity index (χ4n) is 5.26. The first-order valence-corrected chi connectivity index (χ1v) is 11.7. The third-order valence-electron chi connectivity index (χ3n) is 6.85. The Morgan fingerprint density at radius 1 is 0.974 bits per heavy atom. The third-order valence-corrected chi connectivity index (χ3v) is 7.09. The molecule has 0 unspecified atom stereocenters. The van der Waals surface area contributed by atoms with Crippen molar-refractivity contribution in [2.24, 2.45) is 16.8 Å². The van der Waals surface area contributed by atoms with Crippen LogP contribution in [-0.2, 0) is 9.53 Å². The van der Waals surface area contributed by atoms with Crippen LogP contribution >= 0.6 is 11.6 Å². The van der Waals surface area contributed by atoms with E-state index in [2.05, 4.69) is 4.99 Å². The molecular formula is C27H17ClNNaO8. The predicted octanol–water partition coefficient (Wildman–Crippen LogP) is 0.369. The number of Topliss-reactive ketones (excluding diaryl/α,β-unsaturated/α-hetero) is 2. The van der Waals surface area contributed by atoms with Gasteiger partial charge in [0, 0.05) is 28.1 Å². The number of aliphatic imine (C=N–C) groups is 1. The van der Waals surface area contributed by atoms with E-state index in [1.54, 1.807) is 36.4 Å². The van der Waals surface area contributed by atoms with Gasteiger partial charge in [0.15, 0.2) is 11.5 Å². The van der Waals surface area contributed by atoms with Crippen LogP contribution in [-0.4, -0.2) is 40.9 Å². The van der Waals surface area contributed by atoms with Crippen LogP contribution in [0.2, 0.25) is 5.02 Å². The molecule has 3 aromatic carbocycles. The summed E-state index contributed by atoms with van der Waals surface area (Å²) in [7, 11) is 0.